The summed E-state index contributed by atoms with van der Waals surface area (Å²) in [6, 6.07) is 4.35. The first-order valence-corrected chi connectivity index (χ1v) is 5.64. The van der Waals surface area contributed by atoms with Crippen molar-refractivity contribution in [2.24, 2.45) is 0 Å². The highest BCUT2D eigenvalue weighted by Gasteiger charge is 2.28. The van der Waals surface area contributed by atoms with Gasteiger partial charge in [0.1, 0.15) is 5.75 Å². The first kappa shape index (κ1) is 11.7. The van der Waals surface area contributed by atoms with Crippen LogP contribution in [0.2, 0.25) is 0 Å². The van der Waals surface area contributed by atoms with Crippen molar-refractivity contribution in [1.29, 1.82) is 0 Å². The molecule has 1 atom stereocenters. The van der Waals surface area contributed by atoms with Crippen LogP contribution in [0.15, 0.2) is 18.2 Å². The highest BCUT2D eigenvalue weighted by atomic mass is 16.3. The smallest absolute Gasteiger partial charge is 0.254 e. The van der Waals surface area contributed by atoms with Gasteiger partial charge >= 0.3 is 0 Å². The predicted octanol–water partition coefficient (Wildman–Crippen LogP) is 0.571. The lowest BCUT2D eigenvalue weighted by Gasteiger charge is -2.23. The highest BCUT2D eigenvalue weighted by Crippen LogP contribution is 2.24. The molecule has 1 aliphatic heterocycles. The van der Waals surface area contributed by atoms with Gasteiger partial charge in [0.05, 0.1) is 18.3 Å². The summed E-state index contributed by atoms with van der Waals surface area (Å²) >= 11 is 0. The van der Waals surface area contributed by atoms with Gasteiger partial charge in [-0.3, -0.25) is 4.79 Å². The van der Waals surface area contributed by atoms with Gasteiger partial charge in [-0.15, -0.1) is 0 Å². The largest absolute Gasteiger partial charge is 0.506 e. The van der Waals surface area contributed by atoms with E-state index in [-0.39, 0.29) is 30.0 Å². The van der Waals surface area contributed by atoms with E-state index >= 15 is 0 Å². The second-order valence-corrected chi connectivity index (χ2v) is 4.25. The van der Waals surface area contributed by atoms with Gasteiger partial charge in [-0.05, 0) is 31.0 Å². The molecule has 17 heavy (non-hydrogen) atoms. The number of nitrogens with two attached hydrogens (primary N) is 1. The van der Waals surface area contributed by atoms with E-state index < -0.39 is 0 Å². The minimum atomic E-state index is -0.170. The van der Waals surface area contributed by atoms with Gasteiger partial charge < -0.3 is 20.8 Å². The molecule has 0 aromatic heterocycles. The summed E-state index contributed by atoms with van der Waals surface area (Å²) in [5.74, 6) is -0.257. The van der Waals surface area contributed by atoms with E-state index in [1.165, 1.54) is 12.1 Å². The van der Waals surface area contributed by atoms with Crippen LogP contribution in [0.1, 0.15) is 23.2 Å². The second-order valence-electron chi connectivity index (χ2n) is 4.25. The van der Waals surface area contributed by atoms with Gasteiger partial charge in [0.2, 0.25) is 0 Å². The summed E-state index contributed by atoms with van der Waals surface area (Å²) in [6.07, 6.45) is 1.72. The topological polar surface area (TPSA) is 86.8 Å². The van der Waals surface area contributed by atoms with Crippen molar-refractivity contribution in [2.75, 3.05) is 18.9 Å². The molecule has 4 N–H and O–H groups in total. The Balaban J connectivity index is 2.21. The van der Waals surface area contributed by atoms with E-state index in [2.05, 4.69) is 0 Å². The van der Waals surface area contributed by atoms with Crippen LogP contribution in [-0.2, 0) is 0 Å². The third-order valence-electron chi connectivity index (χ3n) is 3.13. The number of hydrogen-bond donors (Lipinski definition) is 3. The Labute approximate surface area is 99.5 Å². The summed E-state index contributed by atoms with van der Waals surface area (Å²) in [6.45, 7) is 0.627. The molecule has 92 valence electrons. The number of carbonyl (C=O) groups is 1. The number of amides is 1. The summed E-state index contributed by atoms with van der Waals surface area (Å²) in [5, 5.41) is 18.6. The number of likely N-dealkylation sites (tertiary alicyclic amines) is 1. The Bertz CT molecular complexity index is 434. The molecule has 1 aromatic rings. The average Bonchev–Trinajstić information content (AvgIpc) is 2.80. The Morgan fingerprint density at radius 1 is 1.53 bits per heavy atom. The molecular weight excluding hydrogens is 220 g/mol. The first-order valence-electron chi connectivity index (χ1n) is 5.64. The molecule has 1 aromatic carbocycles. The van der Waals surface area contributed by atoms with Crippen LogP contribution in [0.25, 0.3) is 0 Å². The van der Waals surface area contributed by atoms with E-state index in [1.54, 1.807) is 11.0 Å². The van der Waals surface area contributed by atoms with E-state index in [0.717, 1.165) is 12.8 Å². The molecule has 0 unspecified atom stereocenters. The molecule has 5 nitrogen and oxygen atoms in total. The Hall–Kier alpha value is -1.75. The molecule has 0 bridgehead atoms. The Kier molecular flexibility index (Phi) is 3.19. The number of phenolic OH excluding ortho intramolecular Hbond substituents is 1. The third-order valence-corrected chi connectivity index (χ3v) is 3.13. The Morgan fingerprint density at radius 2 is 2.29 bits per heavy atom. The SMILES string of the molecule is Nc1ccc(C(=O)N2CCC[C@H]2CO)cc1O. The van der Waals surface area contributed by atoms with Gasteiger partial charge in [-0.1, -0.05) is 0 Å². The zero-order chi connectivity index (χ0) is 12.4. The van der Waals surface area contributed by atoms with E-state index in [9.17, 15) is 9.90 Å². The molecule has 1 heterocycles. The number of phenols is 1. The molecule has 0 saturated carbocycles. The first-order chi connectivity index (χ1) is 8.13. The number of anilines is 1. The van der Waals surface area contributed by atoms with Crippen molar-refractivity contribution in [3.05, 3.63) is 23.8 Å². The highest BCUT2D eigenvalue weighted by molar-refractivity contribution is 5.95. The summed E-state index contributed by atoms with van der Waals surface area (Å²) in [5.41, 5.74) is 6.13. The summed E-state index contributed by atoms with van der Waals surface area (Å²) in [4.78, 5) is 13.8. The van der Waals surface area contributed by atoms with Gasteiger partial charge in [-0.25, -0.2) is 0 Å². The quantitative estimate of drug-likeness (QED) is 0.517. The number of benzene rings is 1. The van der Waals surface area contributed by atoms with E-state index in [4.69, 9.17) is 10.8 Å². The van der Waals surface area contributed by atoms with Crippen molar-refractivity contribution in [3.8, 4) is 5.75 Å². The number of carbonyl (C=O) groups excluding carboxylic acids is 1. The van der Waals surface area contributed by atoms with Crippen LogP contribution in [0.4, 0.5) is 5.69 Å². The average molecular weight is 236 g/mol. The molecule has 0 spiro atoms. The standard InChI is InChI=1S/C12H16N2O3/c13-10-4-3-8(6-11(10)16)12(17)14-5-1-2-9(14)7-15/h3-4,6,9,15-16H,1-2,5,7,13H2/t9-/m0/s1. The zero-order valence-corrected chi connectivity index (χ0v) is 9.47. The van der Waals surface area contributed by atoms with Crippen LogP contribution in [-0.4, -0.2) is 40.2 Å². The van der Waals surface area contributed by atoms with E-state index in [1.807, 2.05) is 0 Å². The van der Waals surface area contributed by atoms with Crippen molar-refractivity contribution in [1.82, 2.24) is 4.90 Å². The fourth-order valence-electron chi connectivity index (χ4n) is 2.14. The second kappa shape index (κ2) is 4.63. The monoisotopic (exact) mass is 236 g/mol. The van der Waals surface area contributed by atoms with Crippen LogP contribution in [0.3, 0.4) is 0 Å². The fourth-order valence-corrected chi connectivity index (χ4v) is 2.14. The maximum atomic E-state index is 12.1. The molecule has 1 fully saturated rings. The summed E-state index contributed by atoms with van der Waals surface area (Å²) < 4.78 is 0. The number of hydrogen-bond acceptors (Lipinski definition) is 4. The lowest BCUT2D eigenvalue weighted by atomic mass is 10.1. The minimum absolute atomic E-state index is 0.0211. The molecular formula is C12H16N2O3. The number of rotatable bonds is 2. The molecule has 1 amide bonds. The van der Waals surface area contributed by atoms with Gasteiger partial charge in [0.15, 0.2) is 0 Å². The number of aliphatic hydroxyl groups excluding tert-OH is 1. The third kappa shape index (κ3) is 2.19. The van der Waals surface area contributed by atoms with E-state index in [0.29, 0.717) is 12.1 Å². The molecule has 2 rings (SSSR count). The number of aromatic hydroxyl groups is 1. The van der Waals surface area contributed by atoms with Crippen molar-refractivity contribution in [3.63, 3.8) is 0 Å². The molecule has 1 saturated heterocycles. The lowest BCUT2D eigenvalue weighted by molar-refractivity contribution is 0.0677. The number of nitrogens with zero attached hydrogens (tertiary/aromatic N) is 1. The molecule has 1 aliphatic rings. The number of aliphatic hydroxyl groups is 1. The fraction of sp³-hybridized carbons (Fsp3) is 0.417. The zero-order valence-electron chi connectivity index (χ0n) is 9.47. The maximum absolute atomic E-state index is 12.1. The maximum Gasteiger partial charge on any atom is 0.254 e. The van der Waals surface area contributed by atoms with Gasteiger partial charge in [-0.2, -0.15) is 0 Å². The molecule has 0 radical (unpaired) electrons. The molecule has 5 heteroatoms. The minimum Gasteiger partial charge on any atom is -0.506 e. The Morgan fingerprint density at radius 3 is 2.94 bits per heavy atom. The number of nitrogen functional groups attached to an aromatic ring is 1. The van der Waals surface area contributed by atoms with Crippen molar-refractivity contribution >= 4 is 11.6 Å². The van der Waals surface area contributed by atoms with Gasteiger partial charge in [0.25, 0.3) is 5.91 Å². The van der Waals surface area contributed by atoms with Crippen molar-refractivity contribution in [2.45, 2.75) is 18.9 Å². The predicted molar refractivity (Wildman–Crippen MR) is 63.7 cm³/mol. The van der Waals surface area contributed by atoms with Gasteiger partial charge in [0, 0.05) is 12.1 Å². The van der Waals surface area contributed by atoms with Crippen LogP contribution < -0.4 is 5.73 Å². The van der Waals surface area contributed by atoms with Crippen molar-refractivity contribution < 1.29 is 15.0 Å². The normalized spacial score (nSPS) is 19.6. The lowest BCUT2D eigenvalue weighted by Crippen LogP contribution is -2.37. The van der Waals surface area contributed by atoms with Crippen LogP contribution in [0.5, 0.6) is 5.75 Å². The molecule has 0 aliphatic carbocycles. The van der Waals surface area contributed by atoms with Crippen LogP contribution in [0, 0.1) is 0 Å². The summed E-state index contributed by atoms with van der Waals surface area (Å²) in [7, 11) is 0. The van der Waals surface area contributed by atoms with Crippen LogP contribution >= 0.6 is 0 Å².